The fourth-order valence-corrected chi connectivity index (χ4v) is 3.17. The molecule has 0 spiro atoms. The number of nitrogens with zero attached hydrogens (tertiary/aromatic N) is 1. The van der Waals surface area contributed by atoms with Crippen LogP contribution < -0.4 is 10.6 Å². The van der Waals surface area contributed by atoms with Gasteiger partial charge in [0.05, 0.1) is 6.54 Å². The fraction of sp³-hybridized carbons (Fsp3) is 0.579. The van der Waals surface area contributed by atoms with E-state index in [1.54, 1.807) is 0 Å². The highest BCUT2D eigenvalue weighted by atomic mass is 16.4. The summed E-state index contributed by atoms with van der Waals surface area (Å²) in [5, 5.41) is 14.8. The lowest BCUT2D eigenvalue weighted by Gasteiger charge is -2.42. The molecule has 0 radical (unpaired) electrons. The summed E-state index contributed by atoms with van der Waals surface area (Å²) in [6.45, 7) is 7.48. The van der Waals surface area contributed by atoms with Gasteiger partial charge in [-0.3, -0.25) is 9.69 Å². The summed E-state index contributed by atoms with van der Waals surface area (Å²) < 4.78 is 0. The van der Waals surface area contributed by atoms with Crippen molar-refractivity contribution < 1.29 is 14.7 Å². The first-order valence-corrected chi connectivity index (χ1v) is 8.95. The molecular weight excluding hydrogens is 318 g/mol. The SMILES string of the molecule is CCN(CC(=O)O)C1CC(NC(=O)NCC(C)c2ccc(C)cc2)C1. The number of rotatable bonds is 8. The molecule has 2 amide bonds. The van der Waals surface area contributed by atoms with Crippen LogP contribution in [0.25, 0.3) is 0 Å². The van der Waals surface area contributed by atoms with E-state index in [1.165, 1.54) is 11.1 Å². The number of aliphatic carboxylic acids is 1. The van der Waals surface area contributed by atoms with Crippen molar-refractivity contribution in [3.8, 4) is 0 Å². The molecule has 1 atom stereocenters. The molecule has 0 saturated heterocycles. The van der Waals surface area contributed by atoms with Crippen LogP contribution in [0.15, 0.2) is 24.3 Å². The van der Waals surface area contributed by atoms with Crippen LogP contribution in [-0.4, -0.2) is 53.7 Å². The number of likely N-dealkylation sites (N-methyl/N-ethyl adjacent to an activating group) is 1. The second-order valence-corrected chi connectivity index (χ2v) is 6.95. The van der Waals surface area contributed by atoms with Crippen molar-refractivity contribution in [1.82, 2.24) is 15.5 Å². The molecule has 1 aromatic carbocycles. The number of carboxylic acids is 1. The molecular formula is C19H29N3O3. The highest BCUT2D eigenvalue weighted by Gasteiger charge is 2.34. The number of nitrogens with one attached hydrogen (secondary N) is 2. The van der Waals surface area contributed by atoms with Crippen molar-refractivity contribution in [2.24, 2.45) is 0 Å². The molecule has 1 aromatic rings. The second kappa shape index (κ2) is 8.85. The largest absolute Gasteiger partial charge is 0.480 e. The molecule has 6 nitrogen and oxygen atoms in total. The maximum Gasteiger partial charge on any atom is 0.317 e. The third-order valence-corrected chi connectivity index (χ3v) is 4.92. The van der Waals surface area contributed by atoms with E-state index in [2.05, 4.69) is 48.7 Å². The van der Waals surface area contributed by atoms with Crippen LogP contribution in [0.2, 0.25) is 0 Å². The van der Waals surface area contributed by atoms with E-state index in [4.69, 9.17) is 5.11 Å². The van der Waals surface area contributed by atoms with E-state index < -0.39 is 5.97 Å². The number of aryl methyl sites for hydroxylation is 1. The number of carbonyl (C=O) groups is 2. The third kappa shape index (κ3) is 5.74. The number of carbonyl (C=O) groups excluding carboxylic acids is 1. The van der Waals surface area contributed by atoms with Gasteiger partial charge in [-0.25, -0.2) is 4.79 Å². The Morgan fingerprint density at radius 3 is 2.48 bits per heavy atom. The summed E-state index contributed by atoms with van der Waals surface area (Å²) in [6, 6.07) is 8.58. The standard InChI is InChI=1S/C19H29N3O3/c1-4-22(12-18(23)24)17-9-16(10-17)21-19(25)20-11-14(3)15-7-5-13(2)6-8-15/h5-8,14,16-17H,4,9-12H2,1-3H3,(H,23,24)(H2,20,21,25). The van der Waals surface area contributed by atoms with Crippen LogP contribution >= 0.6 is 0 Å². The zero-order valence-corrected chi connectivity index (χ0v) is 15.3. The lowest BCUT2D eigenvalue weighted by molar-refractivity contribution is -0.139. The van der Waals surface area contributed by atoms with Crippen molar-refractivity contribution in [2.75, 3.05) is 19.6 Å². The number of carboxylic acid groups (broad SMARTS) is 1. The molecule has 0 bridgehead atoms. The molecule has 1 aliphatic rings. The number of hydrogen-bond acceptors (Lipinski definition) is 3. The van der Waals surface area contributed by atoms with E-state index in [0.717, 1.165) is 12.8 Å². The maximum atomic E-state index is 12.0. The quantitative estimate of drug-likeness (QED) is 0.674. The number of benzene rings is 1. The summed E-state index contributed by atoms with van der Waals surface area (Å²) in [6.07, 6.45) is 1.62. The van der Waals surface area contributed by atoms with Gasteiger partial charge in [0.1, 0.15) is 0 Å². The van der Waals surface area contributed by atoms with E-state index in [9.17, 15) is 9.59 Å². The number of urea groups is 1. The average Bonchev–Trinajstić information content (AvgIpc) is 2.54. The van der Waals surface area contributed by atoms with Gasteiger partial charge in [0.25, 0.3) is 0 Å². The monoisotopic (exact) mass is 347 g/mol. The van der Waals surface area contributed by atoms with Crippen molar-refractivity contribution in [3.63, 3.8) is 0 Å². The van der Waals surface area contributed by atoms with Crippen molar-refractivity contribution >= 4 is 12.0 Å². The first-order valence-electron chi connectivity index (χ1n) is 8.95. The van der Waals surface area contributed by atoms with Crippen LogP contribution in [0, 0.1) is 6.92 Å². The molecule has 0 aromatic heterocycles. The maximum absolute atomic E-state index is 12.0. The minimum Gasteiger partial charge on any atom is -0.480 e. The topological polar surface area (TPSA) is 81.7 Å². The van der Waals surface area contributed by atoms with Gasteiger partial charge in [-0.05, 0) is 37.8 Å². The summed E-state index contributed by atoms with van der Waals surface area (Å²) in [5.41, 5.74) is 2.44. The summed E-state index contributed by atoms with van der Waals surface area (Å²) >= 11 is 0. The summed E-state index contributed by atoms with van der Waals surface area (Å²) in [7, 11) is 0. The van der Waals surface area contributed by atoms with Gasteiger partial charge < -0.3 is 15.7 Å². The Morgan fingerprint density at radius 2 is 1.92 bits per heavy atom. The zero-order valence-electron chi connectivity index (χ0n) is 15.3. The molecule has 0 aliphatic heterocycles. The number of hydrogen-bond donors (Lipinski definition) is 3. The second-order valence-electron chi connectivity index (χ2n) is 6.95. The van der Waals surface area contributed by atoms with Crippen molar-refractivity contribution in [1.29, 1.82) is 0 Å². The Labute approximate surface area is 149 Å². The molecule has 6 heteroatoms. The van der Waals surface area contributed by atoms with Crippen LogP contribution in [-0.2, 0) is 4.79 Å². The first kappa shape index (κ1) is 19.2. The van der Waals surface area contributed by atoms with E-state index in [1.807, 2.05) is 11.8 Å². The Kier molecular flexibility index (Phi) is 6.82. The lowest BCUT2D eigenvalue weighted by atomic mass is 9.85. The van der Waals surface area contributed by atoms with Crippen LogP contribution in [0.3, 0.4) is 0 Å². The summed E-state index contributed by atoms with van der Waals surface area (Å²) in [5.74, 6) is -0.548. The normalized spacial score (nSPS) is 20.6. The third-order valence-electron chi connectivity index (χ3n) is 4.92. The molecule has 138 valence electrons. The predicted molar refractivity (Wildman–Crippen MR) is 97.8 cm³/mol. The lowest BCUT2D eigenvalue weighted by Crippen LogP contribution is -2.56. The highest BCUT2D eigenvalue weighted by molar-refractivity contribution is 5.74. The Balaban J connectivity index is 1.68. The highest BCUT2D eigenvalue weighted by Crippen LogP contribution is 2.25. The van der Waals surface area contributed by atoms with Gasteiger partial charge in [-0.1, -0.05) is 43.7 Å². The van der Waals surface area contributed by atoms with Gasteiger partial charge in [-0.15, -0.1) is 0 Å². The molecule has 2 rings (SSSR count). The molecule has 3 N–H and O–H groups in total. The molecule has 1 aliphatic carbocycles. The average molecular weight is 347 g/mol. The first-order chi connectivity index (χ1) is 11.9. The molecule has 25 heavy (non-hydrogen) atoms. The predicted octanol–water partition coefficient (Wildman–Crippen LogP) is 2.34. The van der Waals surface area contributed by atoms with Gasteiger partial charge in [0.15, 0.2) is 0 Å². The summed E-state index contributed by atoms with van der Waals surface area (Å²) in [4.78, 5) is 24.8. The van der Waals surface area contributed by atoms with Crippen molar-refractivity contribution in [2.45, 2.75) is 51.6 Å². The van der Waals surface area contributed by atoms with E-state index in [0.29, 0.717) is 13.1 Å². The van der Waals surface area contributed by atoms with Crippen LogP contribution in [0.1, 0.15) is 43.7 Å². The van der Waals surface area contributed by atoms with Gasteiger partial charge in [-0.2, -0.15) is 0 Å². The zero-order chi connectivity index (χ0) is 18.4. The van der Waals surface area contributed by atoms with E-state index >= 15 is 0 Å². The molecule has 1 fully saturated rings. The molecule has 0 heterocycles. The van der Waals surface area contributed by atoms with Crippen LogP contribution in [0.5, 0.6) is 0 Å². The Hall–Kier alpha value is -2.08. The number of amides is 2. The van der Waals surface area contributed by atoms with Gasteiger partial charge in [0, 0.05) is 18.6 Å². The molecule has 1 unspecified atom stereocenters. The Bertz CT molecular complexity index is 582. The van der Waals surface area contributed by atoms with Crippen molar-refractivity contribution in [3.05, 3.63) is 35.4 Å². The van der Waals surface area contributed by atoms with Gasteiger partial charge >= 0.3 is 12.0 Å². The van der Waals surface area contributed by atoms with Crippen LogP contribution in [0.4, 0.5) is 4.79 Å². The fourth-order valence-electron chi connectivity index (χ4n) is 3.17. The minimum absolute atomic E-state index is 0.0636. The van der Waals surface area contributed by atoms with Gasteiger partial charge in [0.2, 0.25) is 0 Å². The Morgan fingerprint density at radius 1 is 1.28 bits per heavy atom. The van der Waals surface area contributed by atoms with E-state index in [-0.39, 0.29) is 30.6 Å². The smallest absolute Gasteiger partial charge is 0.317 e. The molecule has 1 saturated carbocycles. The minimum atomic E-state index is -0.805.